The number of likely N-dealkylation sites (N-methyl/N-ethyl adjacent to an activating group) is 1. The maximum Gasteiger partial charge on any atom is 0.0948 e. The first kappa shape index (κ1) is 13.5. The third-order valence-electron chi connectivity index (χ3n) is 5.24. The minimum atomic E-state index is 0.604. The van der Waals surface area contributed by atoms with Crippen LogP contribution in [0, 0.1) is 17.8 Å². The largest absolute Gasteiger partial charge is 0.316 e. The van der Waals surface area contributed by atoms with Gasteiger partial charge in [0, 0.05) is 23.4 Å². The molecule has 1 aromatic heterocycles. The molecule has 1 N–H and O–H groups in total. The van der Waals surface area contributed by atoms with Gasteiger partial charge in [0.15, 0.2) is 0 Å². The predicted octanol–water partition coefficient (Wildman–Crippen LogP) is 3.99. The fourth-order valence-electron chi connectivity index (χ4n) is 3.93. The Morgan fingerprint density at radius 2 is 1.95 bits per heavy atom. The first-order valence-electron chi connectivity index (χ1n) is 8.00. The van der Waals surface area contributed by atoms with E-state index >= 15 is 0 Å². The van der Waals surface area contributed by atoms with Crippen LogP contribution in [0.25, 0.3) is 11.3 Å². The minimum absolute atomic E-state index is 0.604. The number of aromatic nitrogens is 1. The van der Waals surface area contributed by atoms with Crippen LogP contribution in [0.3, 0.4) is 0 Å². The molecule has 3 atom stereocenters. The summed E-state index contributed by atoms with van der Waals surface area (Å²) in [7, 11) is 2.11. The number of thiazole rings is 1. The highest BCUT2D eigenvalue weighted by Gasteiger charge is 2.47. The smallest absolute Gasteiger partial charge is 0.0948 e. The highest BCUT2D eigenvalue weighted by molar-refractivity contribution is 7.09. The molecular formula is C18H22N2S. The number of fused-ring (bicyclic) bond motifs is 1. The molecule has 2 nitrogen and oxygen atoms in total. The van der Waals surface area contributed by atoms with E-state index in [1.807, 2.05) is 11.3 Å². The molecule has 1 aromatic carbocycles. The van der Waals surface area contributed by atoms with E-state index in [0.29, 0.717) is 6.04 Å². The van der Waals surface area contributed by atoms with E-state index in [1.54, 1.807) is 0 Å². The summed E-state index contributed by atoms with van der Waals surface area (Å²) in [6.45, 7) is 0. The molecule has 1 heterocycles. The van der Waals surface area contributed by atoms with Gasteiger partial charge in [0.1, 0.15) is 0 Å². The lowest BCUT2D eigenvalue weighted by atomic mass is 9.92. The molecule has 0 spiro atoms. The summed E-state index contributed by atoms with van der Waals surface area (Å²) >= 11 is 1.81. The van der Waals surface area contributed by atoms with Crippen molar-refractivity contribution in [3.05, 3.63) is 40.7 Å². The van der Waals surface area contributed by atoms with E-state index in [1.165, 1.54) is 29.8 Å². The van der Waals surface area contributed by atoms with Crippen molar-refractivity contribution in [1.29, 1.82) is 0 Å². The Morgan fingerprint density at radius 1 is 1.19 bits per heavy atom. The zero-order valence-electron chi connectivity index (χ0n) is 12.5. The topological polar surface area (TPSA) is 24.9 Å². The van der Waals surface area contributed by atoms with Crippen molar-refractivity contribution < 1.29 is 0 Å². The minimum Gasteiger partial charge on any atom is -0.316 e. The first-order chi connectivity index (χ1) is 10.3. The maximum absolute atomic E-state index is 4.85. The van der Waals surface area contributed by atoms with Gasteiger partial charge in [-0.15, -0.1) is 11.3 Å². The zero-order chi connectivity index (χ0) is 14.2. The lowest BCUT2D eigenvalue weighted by molar-refractivity contribution is 0.349. The molecule has 2 saturated carbocycles. The van der Waals surface area contributed by atoms with Crippen LogP contribution in [0.15, 0.2) is 35.7 Å². The molecule has 110 valence electrons. The van der Waals surface area contributed by atoms with Crippen LogP contribution in [0.5, 0.6) is 0 Å². The van der Waals surface area contributed by atoms with Crippen molar-refractivity contribution in [2.75, 3.05) is 7.05 Å². The summed E-state index contributed by atoms with van der Waals surface area (Å²) in [4.78, 5) is 4.85. The molecule has 0 amide bonds. The van der Waals surface area contributed by atoms with Gasteiger partial charge in [-0.3, -0.25) is 0 Å². The average molecular weight is 298 g/mol. The average Bonchev–Trinajstić information content (AvgIpc) is 2.94. The predicted molar refractivity (Wildman–Crippen MR) is 88.4 cm³/mol. The molecule has 4 rings (SSSR count). The zero-order valence-corrected chi connectivity index (χ0v) is 13.3. The number of hydrogen-bond acceptors (Lipinski definition) is 3. The maximum atomic E-state index is 4.85. The Labute approximate surface area is 130 Å². The summed E-state index contributed by atoms with van der Waals surface area (Å²) in [6.07, 6.45) is 5.46. The van der Waals surface area contributed by atoms with Crippen LogP contribution < -0.4 is 5.32 Å². The Kier molecular flexibility index (Phi) is 3.56. The molecule has 0 aliphatic heterocycles. The van der Waals surface area contributed by atoms with Gasteiger partial charge in [0.25, 0.3) is 0 Å². The molecule has 2 aliphatic carbocycles. The van der Waals surface area contributed by atoms with E-state index in [-0.39, 0.29) is 0 Å². The normalized spacial score (nSPS) is 28.3. The van der Waals surface area contributed by atoms with Crippen molar-refractivity contribution in [2.45, 2.75) is 31.7 Å². The highest BCUT2D eigenvalue weighted by Crippen LogP contribution is 2.55. The lowest BCUT2D eigenvalue weighted by Gasteiger charge is -2.23. The third kappa shape index (κ3) is 2.77. The van der Waals surface area contributed by atoms with Crippen LogP contribution >= 0.6 is 11.3 Å². The monoisotopic (exact) mass is 298 g/mol. The van der Waals surface area contributed by atoms with E-state index in [9.17, 15) is 0 Å². The summed E-state index contributed by atoms with van der Waals surface area (Å²) in [5.41, 5.74) is 2.35. The Hall–Kier alpha value is -1.19. The second-order valence-corrected chi connectivity index (χ2v) is 7.52. The third-order valence-corrected chi connectivity index (χ3v) is 6.11. The van der Waals surface area contributed by atoms with Gasteiger partial charge >= 0.3 is 0 Å². The van der Waals surface area contributed by atoms with Gasteiger partial charge < -0.3 is 5.32 Å². The second kappa shape index (κ2) is 5.54. The molecule has 3 heteroatoms. The molecular weight excluding hydrogens is 276 g/mol. The number of hydrogen-bond donors (Lipinski definition) is 1. The fourth-order valence-corrected chi connectivity index (χ4v) is 4.79. The Bertz CT molecular complexity index is 597. The second-order valence-electron chi connectivity index (χ2n) is 6.58. The number of rotatable bonds is 5. The van der Waals surface area contributed by atoms with Crippen molar-refractivity contribution in [3.63, 3.8) is 0 Å². The van der Waals surface area contributed by atoms with Crippen LogP contribution in [0.2, 0.25) is 0 Å². The van der Waals surface area contributed by atoms with Gasteiger partial charge in [-0.25, -0.2) is 4.98 Å². The van der Waals surface area contributed by atoms with Gasteiger partial charge in [0.2, 0.25) is 0 Å². The van der Waals surface area contributed by atoms with Crippen LogP contribution in [-0.4, -0.2) is 18.1 Å². The quantitative estimate of drug-likeness (QED) is 0.903. The van der Waals surface area contributed by atoms with E-state index < -0.39 is 0 Å². The standard InChI is InChI=1S/C18H22N2S/c1-19-16(15-8-13-7-14(13)9-15)10-18-20-17(11-21-18)12-5-3-2-4-6-12/h2-6,11,13-16,19H,7-10H2,1H3. The van der Waals surface area contributed by atoms with E-state index in [2.05, 4.69) is 48.1 Å². The number of nitrogens with one attached hydrogen (secondary N) is 1. The van der Waals surface area contributed by atoms with Crippen LogP contribution in [0.4, 0.5) is 0 Å². The summed E-state index contributed by atoms with van der Waals surface area (Å²) in [5, 5.41) is 7.02. The lowest BCUT2D eigenvalue weighted by Crippen LogP contribution is -2.35. The molecule has 0 radical (unpaired) electrons. The number of benzene rings is 1. The molecule has 2 aromatic rings. The molecule has 2 aliphatic rings. The summed E-state index contributed by atoms with van der Waals surface area (Å²) in [6, 6.07) is 11.1. The van der Waals surface area contributed by atoms with Gasteiger partial charge in [-0.05, 0) is 44.1 Å². The van der Waals surface area contributed by atoms with Gasteiger partial charge in [-0.1, -0.05) is 30.3 Å². The first-order valence-corrected chi connectivity index (χ1v) is 8.88. The van der Waals surface area contributed by atoms with Crippen LogP contribution in [0.1, 0.15) is 24.3 Å². The summed E-state index contributed by atoms with van der Waals surface area (Å²) in [5.74, 6) is 2.98. The van der Waals surface area contributed by atoms with Crippen molar-refractivity contribution in [2.24, 2.45) is 17.8 Å². The molecule has 2 fully saturated rings. The van der Waals surface area contributed by atoms with E-state index in [4.69, 9.17) is 4.98 Å². The fraction of sp³-hybridized carbons (Fsp3) is 0.500. The van der Waals surface area contributed by atoms with Gasteiger partial charge in [0.05, 0.1) is 10.7 Å². The molecule has 3 unspecified atom stereocenters. The van der Waals surface area contributed by atoms with Crippen molar-refractivity contribution in [1.82, 2.24) is 10.3 Å². The highest BCUT2D eigenvalue weighted by atomic mass is 32.1. The van der Waals surface area contributed by atoms with Crippen molar-refractivity contribution in [3.8, 4) is 11.3 Å². The molecule has 21 heavy (non-hydrogen) atoms. The molecule has 0 saturated heterocycles. The van der Waals surface area contributed by atoms with Crippen molar-refractivity contribution >= 4 is 11.3 Å². The van der Waals surface area contributed by atoms with E-state index in [0.717, 1.165) is 29.9 Å². The summed E-state index contributed by atoms with van der Waals surface area (Å²) < 4.78 is 0. The number of nitrogens with zero attached hydrogens (tertiary/aromatic N) is 1. The Morgan fingerprint density at radius 3 is 2.67 bits per heavy atom. The Balaban J connectivity index is 1.45. The SMILES string of the molecule is CNC(Cc1nc(-c2ccccc2)cs1)C1CC2CC2C1. The van der Waals surface area contributed by atoms with Crippen LogP contribution in [-0.2, 0) is 6.42 Å². The van der Waals surface area contributed by atoms with Gasteiger partial charge in [-0.2, -0.15) is 0 Å². The molecule has 0 bridgehead atoms.